The van der Waals surface area contributed by atoms with Gasteiger partial charge in [0.15, 0.2) is 0 Å². The van der Waals surface area contributed by atoms with Crippen molar-refractivity contribution in [2.75, 3.05) is 0 Å². The average molecular weight is 213 g/mol. The molecule has 1 aromatic carbocycles. The van der Waals surface area contributed by atoms with Crippen LogP contribution in [0.25, 0.3) is 0 Å². The summed E-state index contributed by atoms with van der Waals surface area (Å²) in [7, 11) is 0. The van der Waals surface area contributed by atoms with E-state index in [9.17, 15) is 13.9 Å². The van der Waals surface area contributed by atoms with Crippen molar-refractivity contribution in [1.82, 2.24) is 0 Å². The Morgan fingerprint density at radius 1 is 1.27 bits per heavy atom. The summed E-state index contributed by atoms with van der Waals surface area (Å²) in [6.45, 7) is 0. The Labute approximate surface area is 86.7 Å². The van der Waals surface area contributed by atoms with Gasteiger partial charge in [-0.05, 0) is 30.9 Å². The normalized spacial score (nSPS) is 20.0. The number of aliphatic hydroxyl groups is 1. The molecule has 1 saturated carbocycles. The van der Waals surface area contributed by atoms with E-state index in [4.69, 9.17) is 5.73 Å². The number of nitrogens with two attached hydrogens (primary N) is 1. The van der Waals surface area contributed by atoms with Gasteiger partial charge in [-0.1, -0.05) is 6.07 Å². The van der Waals surface area contributed by atoms with Gasteiger partial charge < -0.3 is 10.8 Å². The molecule has 1 aliphatic rings. The van der Waals surface area contributed by atoms with Crippen LogP contribution in [0.5, 0.6) is 0 Å². The summed E-state index contributed by atoms with van der Waals surface area (Å²) in [5.41, 5.74) is 5.44. The van der Waals surface area contributed by atoms with Crippen LogP contribution in [0, 0.1) is 17.6 Å². The minimum atomic E-state index is -0.973. The van der Waals surface area contributed by atoms with Crippen molar-refractivity contribution in [3.63, 3.8) is 0 Å². The van der Waals surface area contributed by atoms with Gasteiger partial charge in [0.2, 0.25) is 0 Å². The maximum Gasteiger partial charge on any atom is 0.131 e. The van der Waals surface area contributed by atoms with Crippen molar-refractivity contribution in [3.05, 3.63) is 35.4 Å². The van der Waals surface area contributed by atoms with Crippen LogP contribution in [0.1, 0.15) is 24.4 Å². The zero-order valence-corrected chi connectivity index (χ0v) is 8.16. The van der Waals surface area contributed by atoms with Gasteiger partial charge in [0.25, 0.3) is 0 Å². The van der Waals surface area contributed by atoms with E-state index < -0.39 is 23.8 Å². The first-order valence-corrected chi connectivity index (χ1v) is 4.99. The molecular formula is C11H13F2NO. The van der Waals surface area contributed by atoms with E-state index in [1.54, 1.807) is 0 Å². The summed E-state index contributed by atoms with van der Waals surface area (Å²) < 4.78 is 26.6. The summed E-state index contributed by atoms with van der Waals surface area (Å²) >= 11 is 0. The Morgan fingerprint density at radius 3 is 2.27 bits per heavy atom. The van der Waals surface area contributed by atoms with Crippen LogP contribution in [-0.4, -0.2) is 11.2 Å². The van der Waals surface area contributed by atoms with E-state index in [0.29, 0.717) is 0 Å². The van der Waals surface area contributed by atoms with Crippen LogP contribution in [0.2, 0.25) is 0 Å². The van der Waals surface area contributed by atoms with Crippen LogP contribution in [0.4, 0.5) is 8.78 Å². The monoisotopic (exact) mass is 213 g/mol. The number of halogens is 2. The molecule has 3 N–H and O–H groups in total. The fraction of sp³-hybridized carbons (Fsp3) is 0.455. The van der Waals surface area contributed by atoms with Crippen molar-refractivity contribution in [3.8, 4) is 0 Å². The molecule has 0 heterocycles. The highest BCUT2D eigenvalue weighted by Gasteiger charge is 2.36. The topological polar surface area (TPSA) is 46.2 Å². The lowest BCUT2D eigenvalue weighted by molar-refractivity contribution is 0.119. The highest BCUT2D eigenvalue weighted by atomic mass is 19.1. The van der Waals surface area contributed by atoms with Gasteiger partial charge in [-0.25, -0.2) is 8.78 Å². The lowest BCUT2D eigenvalue weighted by Crippen LogP contribution is -2.29. The molecule has 4 heteroatoms. The summed E-state index contributed by atoms with van der Waals surface area (Å²) in [4.78, 5) is 0. The fourth-order valence-corrected chi connectivity index (χ4v) is 1.73. The second-order valence-electron chi connectivity index (χ2n) is 3.99. The standard InChI is InChI=1S/C11H13F2NO/c12-7-2-1-3-8(13)9(7)10(14)11(15)6-4-5-6/h1-3,6,10-11,15H,4-5,14H2/t10-,11+/m0/s1. The third-order valence-corrected chi connectivity index (χ3v) is 2.81. The van der Waals surface area contributed by atoms with Crippen molar-refractivity contribution in [1.29, 1.82) is 0 Å². The third-order valence-electron chi connectivity index (χ3n) is 2.81. The Hall–Kier alpha value is -1.00. The molecule has 1 aliphatic carbocycles. The van der Waals surface area contributed by atoms with Gasteiger partial charge in [-0.15, -0.1) is 0 Å². The molecule has 2 atom stereocenters. The predicted octanol–water partition coefficient (Wildman–Crippen LogP) is 1.74. The smallest absolute Gasteiger partial charge is 0.131 e. The largest absolute Gasteiger partial charge is 0.391 e. The van der Waals surface area contributed by atoms with Crippen molar-refractivity contribution < 1.29 is 13.9 Å². The van der Waals surface area contributed by atoms with Gasteiger partial charge >= 0.3 is 0 Å². The highest BCUT2D eigenvalue weighted by Crippen LogP contribution is 2.38. The van der Waals surface area contributed by atoms with Gasteiger partial charge in [0.05, 0.1) is 12.1 Å². The highest BCUT2D eigenvalue weighted by molar-refractivity contribution is 5.24. The minimum Gasteiger partial charge on any atom is -0.391 e. The summed E-state index contributed by atoms with van der Waals surface area (Å²) in [6, 6.07) is 2.61. The maximum atomic E-state index is 13.3. The first-order valence-electron chi connectivity index (χ1n) is 4.99. The molecule has 0 unspecified atom stereocenters. The van der Waals surface area contributed by atoms with E-state index >= 15 is 0 Å². The molecule has 0 aromatic heterocycles. The molecule has 0 saturated heterocycles. The van der Waals surface area contributed by atoms with E-state index in [1.807, 2.05) is 0 Å². The number of hydrogen-bond donors (Lipinski definition) is 2. The molecular weight excluding hydrogens is 200 g/mol. The third kappa shape index (κ3) is 2.01. The van der Waals surface area contributed by atoms with Crippen molar-refractivity contribution in [2.45, 2.75) is 25.0 Å². The lowest BCUT2D eigenvalue weighted by Gasteiger charge is -2.19. The van der Waals surface area contributed by atoms with Crippen LogP contribution in [-0.2, 0) is 0 Å². The molecule has 2 rings (SSSR count). The molecule has 0 bridgehead atoms. The number of benzene rings is 1. The molecule has 0 amide bonds. The summed E-state index contributed by atoms with van der Waals surface area (Å²) in [5, 5.41) is 9.70. The minimum absolute atomic E-state index is 0.0963. The first kappa shape index (κ1) is 10.5. The SMILES string of the molecule is N[C@@H](c1c(F)cccc1F)[C@H](O)C1CC1. The molecule has 0 spiro atoms. The van der Waals surface area contributed by atoms with E-state index in [-0.39, 0.29) is 11.5 Å². The molecule has 2 nitrogen and oxygen atoms in total. The first-order chi connectivity index (χ1) is 7.11. The maximum absolute atomic E-state index is 13.3. The van der Waals surface area contributed by atoms with E-state index in [2.05, 4.69) is 0 Å². The second kappa shape index (κ2) is 3.87. The average Bonchev–Trinajstić information content (AvgIpc) is 2.99. The molecule has 82 valence electrons. The van der Waals surface area contributed by atoms with Gasteiger partial charge in [0, 0.05) is 5.56 Å². The molecule has 1 aromatic rings. The number of aliphatic hydroxyl groups excluding tert-OH is 1. The van der Waals surface area contributed by atoms with Crippen LogP contribution in [0.15, 0.2) is 18.2 Å². The van der Waals surface area contributed by atoms with Gasteiger partial charge in [-0.2, -0.15) is 0 Å². The predicted molar refractivity (Wildman–Crippen MR) is 52.0 cm³/mol. The Kier molecular flexibility index (Phi) is 2.71. The fourth-order valence-electron chi connectivity index (χ4n) is 1.73. The van der Waals surface area contributed by atoms with Crippen LogP contribution < -0.4 is 5.73 Å². The van der Waals surface area contributed by atoms with E-state index in [1.165, 1.54) is 6.07 Å². The van der Waals surface area contributed by atoms with Crippen molar-refractivity contribution >= 4 is 0 Å². The summed E-state index contributed by atoms with van der Waals surface area (Å²) in [6.07, 6.45) is 0.909. The molecule has 0 radical (unpaired) electrons. The molecule has 15 heavy (non-hydrogen) atoms. The van der Waals surface area contributed by atoms with Gasteiger partial charge in [0.1, 0.15) is 11.6 Å². The van der Waals surface area contributed by atoms with E-state index in [0.717, 1.165) is 25.0 Å². The molecule has 0 aliphatic heterocycles. The number of rotatable bonds is 3. The zero-order valence-electron chi connectivity index (χ0n) is 8.16. The number of hydrogen-bond acceptors (Lipinski definition) is 2. The molecule has 1 fully saturated rings. The summed E-state index contributed by atoms with van der Waals surface area (Å²) in [5.74, 6) is -1.29. The Morgan fingerprint density at radius 2 is 1.80 bits per heavy atom. The van der Waals surface area contributed by atoms with Crippen LogP contribution in [0.3, 0.4) is 0 Å². The van der Waals surface area contributed by atoms with Crippen LogP contribution >= 0.6 is 0 Å². The Balaban J connectivity index is 2.27. The zero-order chi connectivity index (χ0) is 11.0. The lowest BCUT2D eigenvalue weighted by atomic mass is 9.98. The van der Waals surface area contributed by atoms with Crippen molar-refractivity contribution in [2.24, 2.45) is 11.7 Å². The quantitative estimate of drug-likeness (QED) is 0.803. The second-order valence-corrected chi connectivity index (χ2v) is 3.99. The van der Waals surface area contributed by atoms with Gasteiger partial charge in [-0.3, -0.25) is 0 Å². The Bertz CT molecular complexity index is 345.